The number of fused-ring (bicyclic) bond motifs is 2. The van der Waals surface area contributed by atoms with Gasteiger partial charge in [-0.05, 0) is 37.8 Å². The van der Waals surface area contributed by atoms with E-state index >= 15 is 0 Å². The van der Waals surface area contributed by atoms with Crippen molar-refractivity contribution < 1.29 is 0 Å². The molecule has 0 aromatic carbocycles. The Hall–Kier alpha value is -2.76. The molecule has 0 radical (unpaired) electrons. The smallest absolute Gasteiger partial charge is 0.234 e. The van der Waals surface area contributed by atoms with E-state index in [4.69, 9.17) is 19.9 Å². The molecule has 0 N–H and O–H groups in total. The quantitative estimate of drug-likeness (QED) is 0.382. The van der Waals surface area contributed by atoms with Crippen molar-refractivity contribution in [2.45, 2.75) is 79.1 Å². The third-order valence-electron chi connectivity index (χ3n) is 5.43. The van der Waals surface area contributed by atoms with Crippen LogP contribution < -0.4 is 0 Å². The van der Waals surface area contributed by atoms with Gasteiger partial charge in [0.15, 0.2) is 0 Å². The van der Waals surface area contributed by atoms with Crippen molar-refractivity contribution >= 4 is 11.6 Å². The Kier molecular flexibility index (Phi) is 6.11. The van der Waals surface area contributed by atoms with Crippen LogP contribution in [0.2, 0.25) is 0 Å². The predicted octanol–water partition coefficient (Wildman–Crippen LogP) is 5.25. The molecule has 0 saturated heterocycles. The Bertz CT molecular complexity index is 1060. The maximum Gasteiger partial charge on any atom is 0.234 e. The average molecular weight is 405 g/mol. The van der Waals surface area contributed by atoms with Gasteiger partial charge in [-0.25, -0.2) is 19.9 Å². The summed E-state index contributed by atoms with van der Waals surface area (Å²) in [7, 11) is 0. The number of hydrogen-bond acceptors (Lipinski definition) is 4. The highest BCUT2D eigenvalue weighted by atomic mass is 15.1. The molecule has 0 unspecified atom stereocenters. The van der Waals surface area contributed by atoms with Gasteiger partial charge in [0, 0.05) is 35.2 Å². The molecule has 158 valence electrons. The Morgan fingerprint density at radius 1 is 0.567 bits per heavy atom. The Morgan fingerprint density at radius 2 is 0.967 bits per heavy atom. The maximum absolute atomic E-state index is 4.85. The van der Waals surface area contributed by atoms with Crippen molar-refractivity contribution in [3.8, 4) is 11.4 Å². The molecule has 4 aromatic heterocycles. The Labute approximate surface area is 178 Å². The molecule has 4 heterocycles. The molecule has 0 aliphatic heterocycles. The topological polar surface area (TPSA) is 60.4 Å². The first kappa shape index (κ1) is 20.5. The van der Waals surface area contributed by atoms with Crippen molar-refractivity contribution in [3.05, 3.63) is 47.3 Å². The standard InChI is InChI=1S/C24H32N6/c1-5-9-17-13-19(11-7-3)29-15-21(27-23(29)25-17)22-16-30-20(12-8-4)14-18(10-6-2)26-24(30)28-22/h13-16H,5-12H2,1-4H3. The van der Waals surface area contributed by atoms with E-state index in [9.17, 15) is 0 Å². The third-order valence-corrected chi connectivity index (χ3v) is 5.43. The molecule has 30 heavy (non-hydrogen) atoms. The minimum atomic E-state index is 0.768. The zero-order chi connectivity index (χ0) is 21.1. The summed E-state index contributed by atoms with van der Waals surface area (Å²) in [6.07, 6.45) is 12.5. The molecule has 0 bridgehead atoms. The summed E-state index contributed by atoms with van der Waals surface area (Å²) in [5.41, 5.74) is 6.50. The summed E-state index contributed by atoms with van der Waals surface area (Å²) < 4.78 is 4.26. The van der Waals surface area contributed by atoms with Crippen LogP contribution in [0.5, 0.6) is 0 Å². The fourth-order valence-corrected chi connectivity index (χ4v) is 4.08. The largest absolute Gasteiger partial charge is 0.287 e. The van der Waals surface area contributed by atoms with Crippen LogP contribution in [0.1, 0.15) is 76.2 Å². The molecule has 0 saturated carbocycles. The van der Waals surface area contributed by atoms with Gasteiger partial charge < -0.3 is 0 Å². The maximum atomic E-state index is 4.85. The number of aromatic nitrogens is 6. The summed E-state index contributed by atoms with van der Waals surface area (Å²) >= 11 is 0. The summed E-state index contributed by atoms with van der Waals surface area (Å²) in [5.74, 6) is 1.54. The lowest BCUT2D eigenvalue weighted by Crippen LogP contribution is -2.01. The summed E-state index contributed by atoms with van der Waals surface area (Å²) in [5, 5.41) is 0. The van der Waals surface area contributed by atoms with Crippen LogP contribution in [-0.4, -0.2) is 28.7 Å². The van der Waals surface area contributed by atoms with Gasteiger partial charge in [-0.3, -0.25) is 8.80 Å². The van der Waals surface area contributed by atoms with Crippen LogP contribution in [0.15, 0.2) is 24.5 Å². The molecule has 0 amide bonds. The highest BCUT2D eigenvalue weighted by Gasteiger charge is 2.15. The van der Waals surface area contributed by atoms with Gasteiger partial charge >= 0.3 is 0 Å². The Balaban J connectivity index is 1.82. The number of hydrogen-bond donors (Lipinski definition) is 0. The summed E-state index contributed by atoms with van der Waals surface area (Å²) in [4.78, 5) is 19.3. The predicted molar refractivity (Wildman–Crippen MR) is 121 cm³/mol. The second-order valence-corrected chi connectivity index (χ2v) is 8.07. The van der Waals surface area contributed by atoms with Crippen LogP contribution >= 0.6 is 0 Å². The fraction of sp³-hybridized carbons (Fsp3) is 0.500. The molecule has 0 spiro atoms. The lowest BCUT2D eigenvalue weighted by Gasteiger charge is -2.06. The van der Waals surface area contributed by atoms with Gasteiger partial charge in [-0.2, -0.15) is 0 Å². The SMILES string of the molecule is CCCc1cc(CCC)n2cc(-c3cn4c(CCC)cc(CCC)nc4n3)nc2n1. The van der Waals surface area contributed by atoms with Gasteiger partial charge in [0.1, 0.15) is 11.4 Å². The van der Waals surface area contributed by atoms with Gasteiger partial charge in [0.2, 0.25) is 11.6 Å². The summed E-state index contributed by atoms with van der Waals surface area (Å²) in [6.45, 7) is 8.79. The minimum absolute atomic E-state index is 0.768. The molecule has 0 atom stereocenters. The van der Waals surface area contributed by atoms with Crippen molar-refractivity contribution in [2.24, 2.45) is 0 Å². The zero-order valence-corrected chi connectivity index (χ0v) is 18.6. The van der Waals surface area contributed by atoms with E-state index in [2.05, 4.69) is 61.0 Å². The van der Waals surface area contributed by atoms with Crippen molar-refractivity contribution in [3.63, 3.8) is 0 Å². The number of nitrogens with zero attached hydrogens (tertiary/aromatic N) is 6. The molecular formula is C24H32N6. The number of imidazole rings is 2. The van der Waals surface area contributed by atoms with E-state index in [0.717, 1.165) is 85.7 Å². The zero-order valence-electron chi connectivity index (χ0n) is 18.6. The van der Waals surface area contributed by atoms with E-state index in [1.807, 2.05) is 0 Å². The molecule has 6 nitrogen and oxygen atoms in total. The van der Waals surface area contributed by atoms with Crippen LogP contribution in [-0.2, 0) is 25.7 Å². The summed E-state index contributed by atoms with van der Waals surface area (Å²) in [6, 6.07) is 4.46. The molecule has 0 aliphatic rings. The van der Waals surface area contributed by atoms with Crippen molar-refractivity contribution in [2.75, 3.05) is 0 Å². The van der Waals surface area contributed by atoms with Crippen molar-refractivity contribution in [1.29, 1.82) is 0 Å². The van der Waals surface area contributed by atoms with Gasteiger partial charge in [-0.15, -0.1) is 0 Å². The normalized spacial score (nSPS) is 11.7. The first-order valence-electron chi connectivity index (χ1n) is 11.4. The number of rotatable bonds is 9. The second-order valence-electron chi connectivity index (χ2n) is 8.07. The van der Waals surface area contributed by atoms with Crippen LogP contribution in [0.3, 0.4) is 0 Å². The monoisotopic (exact) mass is 404 g/mol. The lowest BCUT2D eigenvalue weighted by molar-refractivity contribution is 0.818. The van der Waals surface area contributed by atoms with E-state index in [1.54, 1.807) is 0 Å². The van der Waals surface area contributed by atoms with Gasteiger partial charge in [-0.1, -0.05) is 53.4 Å². The van der Waals surface area contributed by atoms with E-state index in [-0.39, 0.29) is 0 Å². The molecule has 0 aliphatic carbocycles. The molecule has 0 fully saturated rings. The second kappa shape index (κ2) is 8.94. The fourth-order valence-electron chi connectivity index (χ4n) is 4.08. The van der Waals surface area contributed by atoms with Crippen LogP contribution in [0.25, 0.3) is 22.9 Å². The molecular weight excluding hydrogens is 372 g/mol. The lowest BCUT2D eigenvalue weighted by atomic mass is 10.2. The third kappa shape index (κ3) is 3.95. The van der Waals surface area contributed by atoms with Gasteiger partial charge in [0.25, 0.3) is 0 Å². The van der Waals surface area contributed by atoms with E-state index < -0.39 is 0 Å². The number of aryl methyl sites for hydroxylation is 4. The van der Waals surface area contributed by atoms with Crippen molar-refractivity contribution in [1.82, 2.24) is 28.7 Å². The highest BCUT2D eigenvalue weighted by molar-refractivity contribution is 5.60. The molecule has 6 heteroatoms. The Morgan fingerprint density at radius 3 is 1.33 bits per heavy atom. The van der Waals surface area contributed by atoms with E-state index in [0.29, 0.717) is 0 Å². The van der Waals surface area contributed by atoms with Gasteiger partial charge in [0.05, 0.1) is 0 Å². The first-order valence-corrected chi connectivity index (χ1v) is 11.4. The van der Waals surface area contributed by atoms with Crippen LogP contribution in [0, 0.1) is 0 Å². The molecule has 4 rings (SSSR count). The highest BCUT2D eigenvalue weighted by Crippen LogP contribution is 2.22. The molecule has 4 aromatic rings. The first-order chi connectivity index (χ1) is 14.7. The average Bonchev–Trinajstić information content (AvgIpc) is 3.33. The van der Waals surface area contributed by atoms with E-state index in [1.165, 1.54) is 11.4 Å². The minimum Gasteiger partial charge on any atom is -0.287 e. The van der Waals surface area contributed by atoms with Crippen LogP contribution in [0.4, 0.5) is 0 Å².